The second-order valence-electron chi connectivity index (χ2n) is 5.42. The molecule has 2 atom stereocenters. The van der Waals surface area contributed by atoms with E-state index in [1.54, 1.807) is 6.20 Å². The number of nitrogen functional groups attached to an aromatic ring is 1. The fourth-order valence-corrected chi connectivity index (χ4v) is 3.34. The van der Waals surface area contributed by atoms with Crippen LogP contribution in [0, 0.1) is 0 Å². The zero-order valence-electron chi connectivity index (χ0n) is 11.5. The van der Waals surface area contributed by atoms with Crippen LogP contribution in [0.5, 0.6) is 0 Å². The maximum atomic E-state index is 6.07. The third-order valence-corrected chi connectivity index (χ3v) is 4.34. The van der Waals surface area contributed by atoms with Crippen LogP contribution in [0.15, 0.2) is 18.3 Å². The molecule has 3 fully saturated rings. The Kier molecular flexibility index (Phi) is 3.68. The summed E-state index contributed by atoms with van der Waals surface area (Å²) in [5.74, 6) is 0.658. The quantitative estimate of drug-likeness (QED) is 0.817. The molecule has 2 unspecified atom stereocenters. The largest absolute Gasteiger partial charge is 0.383 e. The zero-order chi connectivity index (χ0) is 13.2. The van der Waals surface area contributed by atoms with Gasteiger partial charge in [0, 0.05) is 50.5 Å². The van der Waals surface area contributed by atoms with Crippen molar-refractivity contribution in [1.82, 2.24) is 20.1 Å². The Labute approximate surface area is 114 Å². The van der Waals surface area contributed by atoms with E-state index in [0.717, 1.165) is 18.7 Å². The number of nitrogens with two attached hydrogens (primary N) is 1. The molecule has 3 aliphatic rings. The maximum absolute atomic E-state index is 6.07. The molecule has 19 heavy (non-hydrogen) atoms. The highest BCUT2D eigenvalue weighted by molar-refractivity contribution is 5.41. The van der Waals surface area contributed by atoms with Gasteiger partial charge in [0.25, 0.3) is 0 Å². The van der Waals surface area contributed by atoms with E-state index in [1.165, 1.54) is 26.2 Å². The first-order valence-corrected chi connectivity index (χ1v) is 7.19. The van der Waals surface area contributed by atoms with E-state index in [1.807, 2.05) is 6.07 Å². The minimum Gasteiger partial charge on any atom is -0.383 e. The molecule has 0 aromatic carbocycles. The Hall–Kier alpha value is -1.17. The first-order valence-electron chi connectivity index (χ1n) is 7.19. The van der Waals surface area contributed by atoms with Crippen molar-refractivity contribution in [2.45, 2.75) is 19.0 Å². The molecule has 0 radical (unpaired) electrons. The summed E-state index contributed by atoms with van der Waals surface area (Å²) in [4.78, 5) is 9.40. The lowest BCUT2D eigenvalue weighted by Gasteiger charge is -2.50. The number of hydrogen-bond acceptors (Lipinski definition) is 5. The van der Waals surface area contributed by atoms with Crippen LogP contribution in [-0.4, -0.2) is 60.1 Å². The summed E-state index contributed by atoms with van der Waals surface area (Å²) in [6.45, 7) is 8.99. The average Bonchev–Trinajstić information content (AvgIpc) is 2.47. The Morgan fingerprint density at radius 1 is 1.42 bits per heavy atom. The number of pyridine rings is 1. The molecule has 3 aliphatic heterocycles. The van der Waals surface area contributed by atoms with Gasteiger partial charge in [-0.2, -0.15) is 0 Å². The minimum atomic E-state index is 0.279. The Morgan fingerprint density at radius 2 is 2.21 bits per heavy atom. The SMILES string of the molecule is CCNC(c1cccnc1N)C1CN2CCN1CC2. The lowest BCUT2D eigenvalue weighted by molar-refractivity contribution is -0.00336. The van der Waals surface area contributed by atoms with Gasteiger partial charge in [0.1, 0.15) is 5.82 Å². The molecule has 2 bridgehead atoms. The summed E-state index contributed by atoms with van der Waals surface area (Å²) in [5.41, 5.74) is 7.22. The number of aromatic nitrogens is 1. The van der Waals surface area contributed by atoms with E-state index in [-0.39, 0.29) is 6.04 Å². The number of hydrogen-bond donors (Lipinski definition) is 2. The van der Waals surface area contributed by atoms with Crippen LogP contribution in [0.4, 0.5) is 5.82 Å². The highest BCUT2D eigenvalue weighted by Gasteiger charge is 2.37. The lowest BCUT2D eigenvalue weighted by Crippen LogP contribution is -2.64. The lowest BCUT2D eigenvalue weighted by atomic mass is 9.94. The van der Waals surface area contributed by atoms with Crippen molar-refractivity contribution in [2.24, 2.45) is 0 Å². The molecule has 4 heterocycles. The molecule has 0 amide bonds. The molecule has 5 heteroatoms. The van der Waals surface area contributed by atoms with E-state index in [9.17, 15) is 0 Å². The van der Waals surface area contributed by atoms with Crippen LogP contribution >= 0.6 is 0 Å². The molecule has 1 aromatic rings. The maximum Gasteiger partial charge on any atom is 0.128 e. The van der Waals surface area contributed by atoms with Gasteiger partial charge in [0.2, 0.25) is 0 Å². The monoisotopic (exact) mass is 261 g/mol. The van der Waals surface area contributed by atoms with Crippen molar-refractivity contribution >= 4 is 5.82 Å². The smallest absolute Gasteiger partial charge is 0.128 e. The predicted molar refractivity (Wildman–Crippen MR) is 76.9 cm³/mol. The van der Waals surface area contributed by atoms with Gasteiger partial charge in [-0.15, -0.1) is 0 Å². The Balaban J connectivity index is 1.87. The first kappa shape index (κ1) is 12.8. The second-order valence-corrected chi connectivity index (χ2v) is 5.42. The fraction of sp³-hybridized carbons (Fsp3) is 0.643. The van der Waals surface area contributed by atoms with Gasteiger partial charge in [-0.3, -0.25) is 9.80 Å². The summed E-state index contributed by atoms with van der Waals surface area (Å²) in [6.07, 6.45) is 1.76. The molecule has 4 rings (SSSR count). The van der Waals surface area contributed by atoms with Gasteiger partial charge < -0.3 is 11.1 Å². The number of fused-ring (bicyclic) bond motifs is 3. The molecule has 3 N–H and O–H groups in total. The van der Waals surface area contributed by atoms with Gasteiger partial charge in [0.15, 0.2) is 0 Å². The van der Waals surface area contributed by atoms with Crippen LogP contribution in [0.1, 0.15) is 18.5 Å². The third kappa shape index (κ3) is 2.45. The summed E-state index contributed by atoms with van der Waals surface area (Å²) < 4.78 is 0. The van der Waals surface area contributed by atoms with E-state index >= 15 is 0 Å². The van der Waals surface area contributed by atoms with Gasteiger partial charge in [-0.1, -0.05) is 13.0 Å². The standard InChI is InChI=1S/C14H23N5/c1-2-16-13(11-4-3-5-17-14(11)15)12-10-18-6-8-19(12)9-7-18/h3-5,12-13,16H,2,6-10H2,1H3,(H2,15,17). The van der Waals surface area contributed by atoms with Crippen LogP contribution < -0.4 is 11.1 Å². The number of likely N-dealkylation sites (N-methyl/N-ethyl adjacent to an activating group) is 1. The van der Waals surface area contributed by atoms with Crippen molar-refractivity contribution in [1.29, 1.82) is 0 Å². The second kappa shape index (κ2) is 5.45. The number of piperazine rings is 3. The summed E-state index contributed by atoms with van der Waals surface area (Å²) >= 11 is 0. The zero-order valence-corrected chi connectivity index (χ0v) is 11.5. The molecule has 5 nitrogen and oxygen atoms in total. The van der Waals surface area contributed by atoms with Gasteiger partial charge in [0.05, 0.1) is 6.04 Å². The van der Waals surface area contributed by atoms with Crippen LogP contribution in [0.2, 0.25) is 0 Å². The highest BCUT2D eigenvalue weighted by atomic mass is 15.4. The Morgan fingerprint density at radius 3 is 2.79 bits per heavy atom. The van der Waals surface area contributed by atoms with Crippen molar-refractivity contribution in [3.05, 3.63) is 23.9 Å². The first-order chi connectivity index (χ1) is 9.29. The molecule has 3 saturated heterocycles. The minimum absolute atomic E-state index is 0.279. The van der Waals surface area contributed by atoms with Crippen LogP contribution in [0.3, 0.4) is 0 Å². The van der Waals surface area contributed by atoms with Crippen molar-refractivity contribution in [3.8, 4) is 0 Å². The number of rotatable bonds is 4. The summed E-state index contributed by atoms with van der Waals surface area (Å²) in [7, 11) is 0. The number of anilines is 1. The third-order valence-electron chi connectivity index (χ3n) is 4.34. The van der Waals surface area contributed by atoms with E-state index in [4.69, 9.17) is 5.73 Å². The van der Waals surface area contributed by atoms with Crippen LogP contribution in [-0.2, 0) is 0 Å². The van der Waals surface area contributed by atoms with E-state index in [0.29, 0.717) is 11.9 Å². The van der Waals surface area contributed by atoms with Gasteiger partial charge in [-0.25, -0.2) is 4.98 Å². The molecule has 0 aliphatic carbocycles. The van der Waals surface area contributed by atoms with Crippen molar-refractivity contribution in [2.75, 3.05) is 45.0 Å². The summed E-state index contributed by atoms with van der Waals surface area (Å²) in [6, 6.07) is 4.87. The van der Waals surface area contributed by atoms with Gasteiger partial charge >= 0.3 is 0 Å². The Bertz CT molecular complexity index is 428. The molecule has 104 valence electrons. The topological polar surface area (TPSA) is 57.4 Å². The normalized spacial score (nSPS) is 31.3. The molecular weight excluding hydrogens is 238 g/mol. The average molecular weight is 261 g/mol. The van der Waals surface area contributed by atoms with E-state index in [2.05, 4.69) is 33.1 Å². The number of nitrogens with zero attached hydrogens (tertiary/aromatic N) is 3. The predicted octanol–water partition coefficient (Wildman–Crippen LogP) is 0.314. The van der Waals surface area contributed by atoms with Crippen LogP contribution in [0.25, 0.3) is 0 Å². The molecule has 1 aromatic heterocycles. The van der Waals surface area contributed by atoms with Crippen molar-refractivity contribution in [3.63, 3.8) is 0 Å². The van der Waals surface area contributed by atoms with Gasteiger partial charge in [-0.05, 0) is 12.6 Å². The van der Waals surface area contributed by atoms with E-state index < -0.39 is 0 Å². The molecule has 0 spiro atoms. The molecular formula is C14H23N5. The fourth-order valence-electron chi connectivity index (χ4n) is 3.34. The highest BCUT2D eigenvalue weighted by Crippen LogP contribution is 2.29. The summed E-state index contributed by atoms with van der Waals surface area (Å²) in [5, 5.41) is 3.61. The molecule has 0 saturated carbocycles. The van der Waals surface area contributed by atoms with Crippen molar-refractivity contribution < 1.29 is 0 Å². The number of nitrogens with one attached hydrogen (secondary N) is 1.